The van der Waals surface area contributed by atoms with Crippen molar-refractivity contribution >= 4 is 0 Å². The summed E-state index contributed by atoms with van der Waals surface area (Å²) in [7, 11) is 0. The van der Waals surface area contributed by atoms with Gasteiger partial charge in [0, 0.05) is 0 Å². The first-order valence-corrected chi connectivity index (χ1v) is 6.76. The summed E-state index contributed by atoms with van der Waals surface area (Å²) >= 11 is 0. The van der Waals surface area contributed by atoms with E-state index in [9.17, 15) is 5.11 Å². The fourth-order valence-electron chi connectivity index (χ4n) is 3.24. The second kappa shape index (κ2) is 4.66. The fraction of sp³-hybridized carbons (Fsp3) is 1.00. The van der Waals surface area contributed by atoms with Gasteiger partial charge in [0.05, 0.1) is 18.8 Å². The molecule has 2 rings (SSSR count). The second-order valence-corrected chi connectivity index (χ2v) is 6.77. The highest BCUT2D eigenvalue weighted by atomic mass is 16.5. The van der Waals surface area contributed by atoms with E-state index in [1.165, 1.54) is 25.7 Å². The Hall–Kier alpha value is -0.0800. The van der Waals surface area contributed by atoms with E-state index < -0.39 is 0 Å². The lowest BCUT2D eigenvalue weighted by atomic mass is 9.71. The van der Waals surface area contributed by atoms with Gasteiger partial charge in [-0.25, -0.2) is 0 Å². The maximum atomic E-state index is 9.79. The number of hydrogen-bond donors (Lipinski definition) is 1. The van der Waals surface area contributed by atoms with Crippen molar-refractivity contribution in [3.63, 3.8) is 0 Å². The summed E-state index contributed by atoms with van der Waals surface area (Å²) in [6.45, 7) is 7.53. The molecule has 16 heavy (non-hydrogen) atoms. The molecule has 0 amide bonds. The van der Waals surface area contributed by atoms with Crippen molar-refractivity contribution in [2.24, 2.45) is 17.3 Å². The molecule has 94 valence electrons. The van der Waals surface area contributed by atoms with Crippen LogP contribution in [0.15, 0.2) is 0 Å². The SMILES string of the molecule is CC1CC(OCC(O)C2CC2)CC(C)(C)C1. The zero-order valence-corrected chi connectivity index (χ0v) is 10.9. The molecule has 0 aromatic carbocycles. The van der Waals surface area contributed by atoms with Crippen molar-refractivity contribution in [1.82, 2.24) is 0 Å². The van der Waals surface area contributed by atoms with Crippen LogP contribution < -0.4 is 0 Å². The van der Waals surface area contributed by atoms with Gasteiger partial charge in [-0.05, 0) is 49.4 Å². The van der Waals surface area contributed by atoms with Gasteiger partial charge in [-0.3, -0.25) is 0 Å². The second-order valence-electron chi connectivity index (χ2n) is 6.77. The highest BCUT2D eigenvalue weighted by molar-refractivity contribution is 4.85. The molecule has 0 spiro atoms. The summed E-state index contributed by atoms with van der Waals surface area (Å²) in [4.78, 5) is 0. The Bertz CT molecular complexity index is 233. The van der Waals surface area contributed by atoms with Gasteiger partial charge >= 0.3 is 0 Å². The van der Waals surface area contributed by atoms with E-state index in [1.807, 2.05) is 0 Å². The van der Waals surface area contributed by atoms with Gasteiger partial charge in [0.1, 0.15) is 0 Å². The van der Waals surface area contributed by atoms with Crippen LogP contribution >= 0.6 is 0 Å². The number of aliphatic hydroxyl groups is 1. The van der Waals surface area contributed by atoms with Crippen molar-refractivity contribution in [3.8, 4) is 0 Å². The van der Waals surface area contributed by atoms with E-state index in [4.69, 9.17) is 4.74 Å². The minimum absolute atomic E-state index is 0.208. The average Bonchev–Trinajstić information content (AvgIpc) is 2.93. The van der Waals surface area contributed by atoms with Crippen LogP contribution in [0.5, 0.6) is 0 Å². The Balaban J connectivity index is 1.75. The van der Waals surface area contributed by atoms with Gasteiger partial charge in [0.15, 0.2) is 0 Å². The summed E-state index contributed by atoms with van der Waals surface area (Å²) < 4.78 is 5.90. The summed E-state index contributed by atoms with van der Waals surface area (Å²) in [6, 6.07) is 0. The molecular weight excluding hydrogens is 200 g/mol. The Kier molecular flexibility index (Phi) is 3.60. The minimum Gasteiger partial charge on any atom is -0.390 e. The quantitative estimate of drug-likeness (QED) is 0.798. The molecule has 0 bridgehead atoms. The monoisotopic (exact) mass is 226 g/mol. The molecule has 0 aromatic rings. The van der Waals surface area contributed by atoms with Gasteiger partial charge in [-0.2, -0.15) is 0 Å². The number of ether oxygens (including phenoxy) is 1. The van der Waals surface area contributed by atoms with Crippen LogP contribution in [0, 0.1) is 17.3 Å². The third-order valence-electron chi connectivity index (χ3n) is 4.02. The molecule has 2 saturated carbocycles. The number of hydrogen-bond acceptors (Lipinski definition) is 2. The predicted octanol–water partition coefficient (Wildman–Crippen LogP) is 2.99. The van der Waals surface area contributed by atoms with E-state index in [0.717, 1.165) is 12.3 Å². The maximum absolute atomic E-state index is 9.79. The third-order valence-corrected chi connectivity index (χ3v) is 4.02. The lowest BCUT2D eigenvalue weighted by molar-refractivity contribution is -0.0600. The average molecular weight is 226 g/mol. The lowest BCUT2D eigenvalue weighted by Gasteiger charge is -2.39. The molecule has 0 heterocycles. The van der Waals surface area contributed by atoms with E-state index in [0.29, 0.717) is 24.0 Å². The highest BCUT2D eigenvalue weighted by Crippen LogP contribution is 2.40. The Morgan fingerprint density at radius 3 is 2.56 bits per heavy atom. The summed E-state index contributed by atoms with van der Waals surface area (Å²) in [5, 5.41) is 9.79. The molecule has 0 saturated heterocycles. The van der Waals surface area contributed by atoms with Crippen LogP contribution in [0.1, 0.15) is 52.9 Å². The highest BCUT2D eigenvalue weighted by Gasteiger charge is 2.34. The molecular formula is C14H26O2. The Labute approximate surface area is 99.4 Å². The van der Waals surface area contributed by atoms with Crippen LogP contribution in [-0.2, 0) is 4.74 Å². The van der Waals surface area contributed by atoms with Crippen LogP contribution in [0.2, 0.25) is 0 Å². The van der Waals surface area contributed by atoms with Crippen LogP contribution in [0.25, 0.3) is 0 Å². The third kappa shape index (κ3) is 3.46. The number of aliphatic hydroxyl groups excluding tert-OH is 1. The first kappa shape index (κ1) is 12.4. The molecule has 0 radical (unpaired) electrons. The van der Waals surface area contributed by atoms with Crippen molar-refractivity contribution in [2.45, 2.75) is 65.1 Å². The largest absolute Gasteiger partial charge is 0.390 e. The maximum Gasteiger partial charge on any atom is 0.0801 e. The summed E-state index contributed by atoms with van der Waals surface area (Å²) in [5.74, 6) is 1.29. The van der Waals surface area contributed by atoms with Crippen LogP contribution in [-0.4, -0.2) is 23.9 Å². The Morgan fingerprint density at radius 2 is 2.00 bits per heavy atom. The predicted molar refractivity (Wildman–Crippen MR) is 65.3 cm³/mol. The van der Waals surface area contributed by atoms with Gasteiger partial charge in [-0.1, -0.05) is 20.8 Å². The molecule has 2 heteroatoms. The molecule has 3 atom stereocenters. The molecule has 1 N–H and O–H groups in total. The first-order valence-electron chi connectivity index (χ1n) is 6.76. The normalized spacial score (nSPS) is 36.0. The van der Waals surface area contributed by atoms with E-state index >= 15 is 0 Å². The van der Waals surface area contributed by atoms with Gasteiger partial charge in [-0.15, -0.1) is 0 Å². The van der Waals surface area contributed by atoms with Crippen molar-refractivity contribution in [2.75, 3.05) is 6.61 Å². The van der Waals surface area contributed by atoms with Crippen molar-refractivity contribution in [1.29, 1.82) is 0 Å². The zero-order valence-electron chi connectivity index (χ0n) is 10.9. The van der Waals surface area contributed by atoms with Crippen molar-refractivity contribution < 1.29 is 9.84 Å². The van der Waals surface area contributed by atoms with Crippen LogP contribution in [0.4, 0.5) is 0 Å². The molecule has 0 aliphatic heterocycles. The van der Waals surface area contributed by atoms with Crippen LogP contribution in [0.3, 0.4) is 0 Å². The molecule has 2 nitrogen and oxygen atoms in total. The molecule has 0 aromatic heterocycles. The van der Waals surface area contributed by atoms with Gasteiger partial charge in [0.25, 0.3) is 0 Å². The van der Waals surface area contributed by atoms with Crippen molar-refractivity contribution in [3.05, 3.63) is 0 Å². The Morgan fingerprint density at radius 1 is 1.31 bits per heavy atom. The van der Waals surface area contributed by atoms with Gasteiger partial charge < -0.3 is 9.84 Å². The summed E-state index contributed by atoms with van der Waals surface area (Å²) in [6.07, 6.45) is 6.16. The van der Waals surface area contributed by atoms with Gasteiger partial charge in [0.2, 0.25) is 0 Å². The molecule has 3 unspecified atom stereocenters. The van der Waals surface area contributed by atoms with E-state index in [1.54, 1.807) is 0 Å². The molecule has 2 fully saturated rings. The smallest absolute Gasteiger partial charge is 0.0801 e. The lowest BCUT2D eigenvalue weighted by Crippen LogP contribution is -2.34. The fourth-order valence-corrected chi connectivity index (χ4v) is 3.24. The number of rotatable bonds is 4. The standard InChI is InChI=1S/C14H26O2/c1-10-6-12(8-14(2,3)7-10)16-9-13(15)11-4-5-11/h10-13,15H,4-9H2,1-3H3. The zero-order chi connectivity index (χ0) is 11.8. The summed E-state index contributed by atoms with van der Waals surface area (Å²) in [5.41, 5.74) is 0.410. The molecule has 2 aliphatic carbocycles. The first-order chi connectivity index (χ1) is 7.46. The topological polar surface area (TPSA) is 29.5 Å². The minimum atomic E-state index is -0.208. The molecule has 2 aliphatic rings. The van der Waals surface area contributed by atoms with E-state index in [2.05, 4.69) is 20.8 Å². The van der Waals surface area contributed by atoms with E-state index in [-0.39, 0.29) is 6.10 Å².